The van der Waals surface area contributed by atoms with E-state index in [2.05, 4.69) is 258 Å². The maximum atomic E-state index is 2.30. The Bertz CT molecular complexity index is 2040. The fourth-order valence-corrected chi connectivity index (χ4v) is 7.39. The summed E-state index contributed by atoms with van der Waals surface area (Å²) in [6, 6.07) is 0. The van der Waals surface area contributed by atoms with Crippen LogP contribution in [0.2, 0.25) is 0 Å². The van der Waals surface area contributed by atoms with Gasteiger partial charge in [-0.25, -0.2) is 63.9 Å². The van der Waals surface area contributed by atoms with Gasteiger partial charge in [0, 0.05) is 6.92 Å². The maximum absolute atomic E-state index is 2.30. The molecule has 14 heteroatoms. The largest absolute Gasteiger partial charge is 0.253 e. The highest BCUT2D eigenvalue weighted by Crippen LogP contribution is 2.01. The van der Waals surface area contributed by atoms with Crippen molar-refractivity contribution in [3.63, 3.8) is 0 Å². The van der Waals surface area contributed by atoms with E-state index >= 15 is 0 Å². The molecular formula is C67H143N14+7. The van der Waals surface area contributed by atoms with Gasteiger partial charge < -0.3 is 0 Å². The Morgan fingerprint density at radius 2 is 0.469 bits per heavy atom. The van der Waals surface area contributed by atoms with Crippen LogP contribution in [0.5, 0.6) is 0 Å². The smallest absolute Gasteiger partial charge is 0.240 e. The summed E-state index contributed by atoms with van der Waals surface area (Å²) in [7, 11) is 14.4. The van der Waals surface area contributed by atoms with Gasteiger partial charge in [0.05, 0.1) is 95.1 Å². The molecule has 7 aromatic heterocycles. The molecule has 7 rings (SSSR count). The van der Waals surface area contributed by atoms with E-state index in [0.29, 0.717) is 0 Å². The van der Waals surface area contributed by atoms with Crippen LogP contribution in [-0.2, 0) is 95.1 Å². The van der Waals surface area contributed by atoms with Gasteiger partial charge in [-0.2, -0.15) is 0 Å². The molecular weight excluding hydrogens is 1000 g/mol. The molecule has 0 N–H and O–H groups in total. The molecule has 0 aliphatic heterocycles. The van der Waals surface area contributed by atoms with Crippen molar-refractivity contribution in [2.24, 2.45) is 49.3 Å². The summed E-state index contributed by atoms with van der Waals surface area (Å²) in [5.74, 6) is 1.33. The van der Waals surface area contributed by atoms with E-state index in [0.717, 1.165) is 39.3 Å². The van der Waals surface area contributed by atoms with Gasteiger partial charge in [0.1, 0.15) is 86.8 Å². The first-order valence-corrected chi connectivity index (χ1v) is 28.3. The number of hydrogen-bond donors (Lipinski definition) is 0. The highest BCUT2D eigenvalue weighted by molar-refractivity contribution is 4.79. The lowest BCUT2D eigenvalue weighted by molar-refractivity contribution is -0.677. The van der Waals surface area contributed by atoms with E-state index < -0.39 is 0 Å². The summed E-state index contributed by atoms with van der Waals surface area (Å²) in [6.07, 6.45) is 62.6. The van der Waals surface area contributed by atoms with Crippen LogP contribution in [-0.4, -0.2) is 32.0 Å². The van der Waals surface area contributed by atoms with Gasteiger partial charge in [0.2, 0.25) is 38.0 Å². The molecule has 7 aromatic rings. The highest BCUT2D eigenvalue weighted by Gasteiger charge is 2.07. The lowest BCUT2D eigenvalue weighted by Crippen LogP contribution is -2.29. The van der Waals surface area contributed by atoms with E-state index in [1.54, 1.807) is 0 Å². The van der Waals surface area contributed by atoms with E-state index in [4.69, 9.17) is 0 Å². The van der Waals surface area contributed by atoms with Gasteiger partial charge in [-0.3, -0.25) is 0 Å². The van der Waals surface area contributed by atoms with Crippen LogP contribution < -0.4 is 32.0 Å². The SMILES string of the molecule is C.C.C.C.C.C.C.C.CCCCCCn1cc[n+](C)c1.CCCCn1cc[n+](C)c1.CCCCn1cc[n+](C)c1.CCCCn1cc[n+](C)c1.CCCCn1cc[n+](C)c1.CCCCn1cc[n+](C)c1.CCCCn1cc[n+](C)c1C. The summed E-state index contributed by atoms with van der Waals surface area (Å²) >= 11 is 0. The summed E-state index contributed by atoms with van der Waals surface area (Å²) in [5, 5.41) is 0. The second-order valence-corrected chi connectivity index (χ2v) is 19.7. The number of aryl methyl sites for hydroxylation is 14. The van der Waals surface area contributed by atoms with Crippen molar-refractivity contribution in [1.29, 1.82) is 0 Å². The van der Waals surface area contributed by atoms with Crippen LogP contribution in [0.3, 0.4) is 0 Å². The molecule has 0 bridgehead atoms. The molecule has 0 unspecified atom stereocenters. The average Bonchev–Trinajstić information content (AvgIpc) is 4.29. The fourth-order valence-electron chi connectivity index (χ4n) is 7.39. The highest BCUT2D eigenvalue weighted by atomic mass is 15.1. The molecule has 7 heterocycles. The number of nitrogens with zero attached hydrogens (tertiary/aromatic N) is 14. The lowest BCUT2D eigenvalue weighted by atomic mass is 10.2. The van der Waals surface area contributed by atoms with Gasteiger partial charge in [-0.15, -0.1) is 0 Å². The average molecular weight is 1140 g/mol. The van der Waals surface area contributed by atoms with Gasteiger partial charge in [-0.1, -0.05) is 159 Å². The van der Waals surface area contributed by atoms with Crippen molar-refractivity contribution in [3.05, 3.63) is 131 Å². The van der Waals surface area contributed by atoms with Crippen LogP contribution >= 0.6 is 0 Å². The molecule has 474 valence electrons. The van der Waals surface area contributed by atoms with E-state index in [1.807, 2.05) is 35.2 Å². The zero-order valence-corrected chi connectivity index (χ0v) is 49.6. The number of unbranched alkanes of at least 4 members (excludes halogenated alkanes) is 9. The Balaban J connectivity index is -0.000000126. The fraction of sp³-hybridized carbons (Fsp3) is 0.687. The molecule has 0 radical (unpaired) electrons. The molecule has 0 amide bonds. The predicted octanol–water partition coefficient (Wildman–Crippen LogP) is 14.0. The van der Waals surface area contributed by atoms with E-state index in [1.165, 1.54) is 115 Å². The summed E-state index contributed by atoms with van der Waals surface area (Å²) in [6.45, 7) is 25.7. The Labute approximate surface area is 505 Å². The Hall–Kier alpha value is -5.53. The summed E-state index contributed by atoms with van der Waals surface area (Å²) in [5.41, 5.74) is 0. The van der Waals surface area contributed by atoms with Crippen LogP contribution in [0.1, 0.15) is 216 Å². The topological polar surface area (TPSA) is 61.7 Å². The third-order valence-corrected chi connectivity index (χ3v) is 12.2. The Morgan fingerprint density at radius 1 is 0.259 bits per heavy atom. The standard InChI is InChI=1S/C10H19N2.C9H17N2.5C8H15N2.8CH4/c1-3-4-5-6-7-12-9-8-11(2)10-12;1-4-5-6-11-8-7-10(3)9(11)2;5*1-3-4-5-10-7-6-9(2)8-10;;;;;;;;/h8-10H,3-7H2,1-2H3;7-8H,4-6H2,1-3H3;5*6-8H,3-5H2,1-2H3;8*1H4/q7*+1;;;;;;;;. The number of imidazole rings is 7. The van der Waals surface area contributed by atoms with Crippen LogP contribution in [0.25, 0.3) is 0 Å². The van der Waals surface area contributed by atoms with Crippen molar-refractivity contribution < 1.29 is 32.0 Å². The second kappa shape index (κ2) is 59.1. The van der Waals surface area contributed by atoms with Crippen molar-refractivity contribution >= 4 is 0 Å². The zero-order valence-electron chi connectivity index (χ0n) is 49.6. The molecule has 0 saturated carbocycles. The number of hydrogen-bond acceptors (Lipinski definition) is 0. The second-order valence-electron chi connectivity index (χ2n) is 19.7. The lowest BCUT2D eigenvalue weighted by Gasteiger charge is -1.95. The molecule has 0 aromatic carbocycles. The minimum absolute atomic E-state index is 0. The third kappa shape index (κ3) is 46.7. The molecule has 0 spiro atoms. The monoisotopic (exact) mass is 1140 g/mol. The van der Waals surface area contributed by atoms with Crippen LogP contribution in [0.15, 0.2) is 125 Å². The number of rotatable bonds is 23. The zero-order chi connectivity index (χ0) is 54.1. The first-order chi connectivity index (χ1) is 35.2. The third-order valence-electron chi connectivity index (χ3n) is 12.2. The molecule has 0 saturated heterocycles. The van der Waals surface area contributed by atoms with Gasteiger partial charge in [0.15, 0.2) is 0 Å². The Kier molecular flexibility index (Phi) is 67.1. The maximum Gasteiger partial charge on any atom is 0.253 e. The van der Waals surface area contributed by atoms with Crippen LogP contribution in [0, 0.1) is 6.92 Å². The predicted molar refractivity (Wildman–Crippen MR) is 351 cm³/mol. The molecule has 0 aliphatic rings. The Morgan fingerprint density at radius 3 is 0.642 bits per heavy atom. The normalized spacial score (nSPS) is 9.27. The summed E-state index contributed by atoms with van der Waals surface area (Å²) < 4.78 is 30.2. The van der Waals surface area contributed by atoms with Crippen molar-refractivity contribution in [2.45, 2.75) is 263 Å². The first-order valence-electron chi connectivity index (χ1n) is 28.3. The molecule has 0 aliphatic carbocycles. The van der Waals surface area contributed by atoms with Crippen molar-refractivity contribution in [3.8, 4) is 0 Å². The number of aromatic nitrogens is 14. The van der Waals surface area contributed by atoms with E-state index in [-0.39, 0.29) is 59.4 Å². The quantitative estimate of drug-likeness (QED) is 0.0453. The first kappa shape index (κ1) is 91.9. The minimum Gasteiger partial charge on any atom is -0.240 e. The molecule has 81 heavy (non-hydrogen) atoms. The summed E-state index contributed by atoms with van der Waals surface area (Å²) in [4.78, 5) is 0. The molecule has 0 atom stereocenters. The van der Waals surface area contributed by atoms with Gasteiger partial charge >= 0.3 is 0 Å². The molecule has 0 fully saturated rings. The van der Waals surface area contributed by atoms with Gasteiger partial charge in [-0.05, 0) is 51.4 Å². The van der Waals surface area contributed by atoms with E-state index in [9.17, 15) is 0 Å². The van der Waals surface area contributed by atoms with Crippen LogP contribution in [0.4, 0.5) is 0 Å². The molecule has 14 nitrogen and oxygen atoms in total. The van der Waals surface area contributed by atoms with Gasteiger partial charge in [0.25, 0.3) is 5.82 Å². The van der Waals surface area contributed by atoms with Crippen molar-refractivity contribution in [2.75, 3.05) is 0 Å². The minimum atomic E-state index is 0. The van der Waals surface area contributed by atoms with Crippen molar-refractivity contribution in [1.82, 2.24) is 32.0 Å².